The Balaban J connectivity index is 1.19. The van der Waals surface area contributed by atoms with Crippen molar-refractivity contribution in [3.05, 3.63) is 182 Å². The fourth-order valence-corrected chi connectivity index (χ4v) is 7.55. The van der Waals surface area contributed by atoms with Crippen LogP contribution in [0.2, 0.25) is 0 Å². The van der Waals surface area contributed by atoms with Gasteiger partial charge in [-0.05, 0) is 98.4 Å². The summed E-state index contributed by atoms with van der Waals surface area (Å²) < 4.78 is 6.85. The van der Waals surface area contributed by atoms with Crippen LogP contribution in [0.3, 0.4) is 0 Å². The molecule has 3 nitrogen and oxygen atoms in total. The summed E-state index contributed by atoms with van der Waals surface area (Å²) in [6.45, 7) is 0. The molecular weight excluding hydrogens is 609 g/mol. The molecular formula is C47H30N2O. The summed E-state index contributed by atoms with van der Waals surface area (Å²) in [4.78, 5) is 6.92. The number of benzene rings is 8. The molecule has 0 aliphatic carbocycles. The van der Waals surface area contributed by atoms with Crippen molar-refractivity contribution < 1.29 is 4.42 Å². The van der Waals surface area contributed by atoms with Crippen molar-refractivity contribution in [1.29, 1.82) is 0 Å². The van der Waals surface area contributed by atoms with Gasteiger partial charge in [0.05, 0.1) is 11.2 Å². The van der Waals surface area contributed by atoms with E-state index in [-0.39, 0.29) is 0 Å². The second kappa shape index (κ2) is 11.5. The standard InChI is InChI=1S/C47H30N2O/c1-3-16-37-31(10-1)12-6-18-39(37)33-23-25-35(26-24-33)49(36-15-5-14-34(30-36)40-19-7-13-32-11-2-4-17-38(32)40)45-22-8-20-41-42-27-28-44-43(21-9-29-48-44)46(42)50-47(41)45/h1-30H. The number of aromatic nitrogens is 1. The van der Waals surface area contributed by atoms with E-state index < -0.39 is 0 Å². The highest BCUT2D eigenvalue weighted by atomic mass is 16.3. The van der Waals surface area contributed by atoms with Crippen LogP contribution in [0.15, 0.2) is 187 Å². The monoisotopic (exact) mass is 638 g/mol. The molecule has 0 aliphatic heterocycles. The second-order valence-electron chi connectivity index (χ2n) is 12.8. The van der Waals surface area contributed by atoms with Crippen molar-refractivity contribution >= 4 is 71.4 Å². The van der Waals surface area contributed by atoms with E-state index in [4.69, 9.17) is 4.42 Å². The van der Waals surface area contributed by atoms with E-state index >= 15 is 0 Å². The molecule has 0 saturated heterocycles. The number of fused-ring (bicyclic) bond motifs is 7. The van der Waals surface area contributed by atoms with Gasteiger partial charge in [-0.25, -0.2) is 0 Å². The van der Waals surface area contributed by atoms with Crippen LogP contribution in [-0.4, -0.2) is 4.98 Å². The van der Waals surface area contributed by atoms with Crippen LogP contribution in [0.1, 0.15) is 0 Å². The molecule has 0 amide bonds. The number of hydrogen-bond donors (Lipinski definition) is 0. The van der Waals surface area contributed by atoms with Gasteiger partial charge in [-0.15, -0.1) is 0 Å². The number of nitrogens with zero attached hydrogens (tertiary/aromatic N) is 2. The highest BCUT2D eigenvalue weighted by Crippen LogP contribution is 2.45. The van der Waals surface area contributed by atoms with Gasteiger partial charge in [-0.1, -0.05) is 121 Å². The first-order valence-electron chi connectivity index (χ1n) is 17.0. The summed E-state index contributed by atoms with van der Waals surface area (Å²) in [5, 5.41) is 8.11. The molecule has 0 fully saturated rings. The van der Waals surface area contributed by atoms with Crippen molar-refractivity contribution in [3.63, 3.8) is 0 Å². The zero-order valence-corrected chi connectivity index (χ0v) is 27.1. The van der Waals surface area contributed by atoms with Gasteiger partial charge in [0.15, 0.2) is 5.58 Å². The molecule has 0 N–H and O–H groups in total. The quantitative estimate of drug-likeness (QED) is 0.188. The lowest BCUT2D eigenvalue weighted by Gasteiger charge is -2.26. The minimum absolute atomic E-state index is 0.840. The Hall–Kier alpha value is -6.71. The van der Waals surface area contributed by atoms with Crippen LogP contribution in [0, 0.1) is 0 Å². The van der Waals surface area contributed by atoms with E-state index in [0.29, 0.717) is 0 Å². The van der Waals surface area contributed by atoms with Gasteiger partial charge in [-0.3, -0.25) is 4.98 Å². The van der Waals surface area contributed by atoms with Gasteiger partial charge in [0, 0.05) is 33.7 Å². The van der Waals surface area contributed by atoms with E-state index in [0.717, 1.165) is 55.5 Å². The summed E-state index contributed by atoms with van der Waals surface area (Å²) in [5.41, 5.74) is 10.4. The molecule has 8 aromatic carbocycles. The van der Waals surface area contributed by atoms with Crippen LogP contribution < -0.4 is 4.90 Å². The van der Waals surface area contributed by atoms with Crippen molar-refractivity contribution in [2.75, 3.05) is 4.90 Å². The second-order valence-corrected chi connectivity index (χ2v) is 12.8. The number of pyridine rings is 1. The number of anilines is 3. The SMILES string of the molecule is c1cc(-c2cccc3ccccc23)cc(N(c2ccc(-c3cccc4ccccc34)cc2)c2cccc3c2oc2c4cccnc4ccc32)c1. The van der Waals surface area contributed by atoms with Crippen molar-refractivity contribution in [1.82, 2.24) is 4.98 Å². The number of hydrogen-bond acceptors (Lipinski definition) is 3. The Labute approximate surface area is 289 Å². The smallest absolute Gasteiger partial charge is 0.159 e. The Morgan fingerprint density at radius 1 is 0.400 bits per heavy atom. The normalized spacial score (nSPS) is 11.6. The van der Waals surface area contributed by atoms with E-state index in [2.05, 4.69) is 180 Å². The Morgan fingerprint density at radius 2 is 1.02 bits per heavy atom. The average molecular weight is 639 g/mol. The number of para-hydroxylation sites is 1. The predicted octanol–water partition coefficient (Wildman–Crippen LogP) is 13.2. The molecule has 0 saturated carbocycles. The van der Waals surface area contributed by atoms with Gasteiger partial charge < -0.3 is 9.32 Å². The minimum atomic E-state index is 0.840. The van der Waals surface area contributed by atoms with Gasteiger partial charge in [0.25, 0.3) is 0 Å². The average Bonchev–Trinajstić information content (AvgIpc) is 3.58. The number of furan rings is 1. The van der Waals surface area contributed by atoms with Crippen LogP contribution in [0.25, 0.3) is 76.6 Å². The number of rotatable bonds is 5. The van der Waals surface area contributed by atoms with E-state index in [1.807, 2.05) is 12.3 Å². The third-order valence-corrected chi connectivity index (χ3v) is 9.90. The maximum atomic E-state index is 6.85. The lowest BCUT2D eigenvalue weighted by atomic mass is 9.97. The molecule has 2 aromatic heterocycles. The Kier molecular flexibility index (Phi) is 6.49. The van der Waals surface area contributed by atoms with Gasteiger partial charge in [0.1, 0.15) is 5.58 Å². The van der Waals surface area contributed by atoms with E-state index in [1.165, 1.54) is 38.2 Å². The molecule has 0 spiro atoms. The zero-order valence-electron chi connectivity index (χ0n) is 27.1. The molecule has 0 bridgehead atoms. The predicted molar refractivity (Wildman–Crippen MR) is 210 cm³/mol. The minimum Gasteiger partial charge on any atom is -0.453 e. The molecule has 0 unspecified atom stereocenters. The summed E-state index contributed by atoms with van der Waals surface area (Å²) in [7, 11) is 0. The largest absolute Gasteiger partial charge is 0.453 e. The maximum Gasteiger partial charge on any atom is 0.159 e. The van der Waals surface area contributed by atoms with Crippen molar-refractivity contribution in [3.8, 4) is 22.3 Å². The van der Waals surface area contributed by atoms with Crippen molar-refractivity contribution in [2.24, 2.45) is 0 Å². The lowest BCUT2D eigenvalue weighted by molar-refractivity contribution is 0.672. The molecule has 0 radical (unpaired) electrons. The summed E-state index contributed by atoms with van der Waals surface area (Å²) >= 11 is 0. The molecule has 10 rings (SSSR count). The summed E-state index contributed by atoms with van der Waals surface area (Å²) in [6, 6.07) is 62.7. The molecule has 234 valence electrons. The summed E-state index contributed by atoms with van der Waals surface area (Å²) in [5.74, 6) is 0. The van der Waals surface area contributed by atoms with E-state index in [1.54, 1.807) is 0 Å². The first kappa shape index (κ1) is 28.3. The molecule has 2 heterocycles. The third kappa shape index (κ3) is 4.56. The van der Waals surface area contributed by atoms with Gasteiger partial charge in [-0.2, -0.15) is 0 Å². The van der Waals surface area contributed by atoms with Crippen LogP contribution in [0.5, 0.6) is 0 Å². The van der Waals surface area contributed by atoms with Crippen LogP contribution in [0.4, 0.5) is 17.1 Å². The maximum absolute atomic E-state index is 6.85. The third-order valence-electron chi connectivity index (χ3n) is 9.90. The molecule has 3 heteroatoms. The van der Waals surface area contributed by atoms with Gasteiger partial charge >= 0.3 is 0 Å². The van der Waals surface area contributed by atoms with Crippen molar-refractivity contribution in [2.45, 2.75) is 0 Å². The molecule has 50 heavy (non-hydrogen) atoms. The Bertz CT molecular complexity index is 2870. The van der Waals surface area contributed by atoms with Gasteiger partial charge in [0.2, 0.25) is 0 Å². The van der Waals surface area contributed by atoms with E-state index in [9.17, 15) is 0 Å². The Morgan fingerprint density at radius 3 is 1.80 bits per heavy atom. The van der Waals surface area contributed by atoms with Crippen LogP contribution in [-0.2, 0) is 0 Å². The summed E-state index contributed by atoms with van der Waals surface area (Å²) in [6.07, 6.45) is 1.83. The highest BCUT2D eigenvalue weighted by Gasteiger charge is 2.21. The highest BCUT2D eigenvalue weighted by molar-refractivity contribution is 6.17. The first-order valence-corrected chi connectivity index (χ1v) is 17.0. The zero-order chi connectivity index (χ0) is 33.0. The first-order chi connectivity index (χ1) is 24.8. The topological polar surface area (TPSA) is 29.3 Å². The fourth-order valence-electron chi connectivity index (χ4n) is 7.55. The molecule has 0 atom stereocenters. The molecule has 10 aromatic rings. The fraction of sp³-hybridized carbons (Fsp3) is 0. The molecule has 0 aliphatic rings. The van der Waals surface area contributed by atoms with Crippen LogP contribution >= 0.6 is 0 Å². The lowest BCUT2D eigenvalue weighted by Crippen LogP contribution is -2.10.